The predicted octanol–water partition coefficient (Wildman–Crippen LogP) is 5.81. The number of rotatable bonds is 8. The maximum Gasteiger partial charge on any atom is 0.275 e. The first-order valence-corrected chi connectivity index (χ1v) is 13.0. The summed E-state index contributed by atoms with van der Waals surface area (Å²) in [7, 11) is 3.24. The van der Waals surface area contributed by atoms with Gasteiger partial charge in [0.1, 0.15) is 11.0 Å². The van der Waals surface area contributed by atoms with Crippen LogP contribution in [0.2, 0.25) is 5.02 Å². The van der Waals surface area contributed by atoms with E-state index >= 15 is 0 Å². The minimum absolute atomic E-state index is 0.144. The zero-order chi connectivity index (χ0) is 26.6. The molecule has 7 nitrogen and oxygen atoms in total. The number of nitrogens with zero attached hydrogens (tertiary/aromatic N) is 3. The van der Waals surface area contributed by atoms with Crippen molar-refractivity contribution in [2.24, 2.45) is 0 Å². The van der Waals surface area contributed by atoms with E-state index in [-0.39, 0.29) is 18.1 Å². The second-order valence-electron chi connectivity index (χ2n) is 8.61. The molecule has 0 N–H and O–H groups in total. The van der Waals surface area contributed by atoms with Gasteiger partial charge >= 0.3 is 0 Å². The van der Waals surface area contributed by atoms with Gasteiger partial charge in [-0.3, -0.25) is 14.2 Å². The molecule has 0 saturated heterocycles. The van der Waals surface area contributed by atoms with Crippen molar-refractivity contribution >= 4 is 39.1 Å². The molecule has 5 rings (SSSR count). The van der Waals surface area contributed by atoms with E-state index in [9.17, 15) is 9.59 Å². The number of halogens is 1. The predicted molar refractivity (Wildman–Crippen MR) is 151 cm³/mol. The lowest BCUT2D eigenvalue weighted by Gasteiger charge is -2.18. The second kappa shape index (κ2) is 11.1. The highest BCUT2D eigenvalue weighted by molar-refractivity contribution is 7.22. The van der Waals surface area contributed by atoms with E-state index in [4.69, 9.17) is 21.1 Å². The summed E-state index contributed by atoms with van der Waals surface area (Å²) in [6, 6.07) is 24.2. The summed E-state index contributed by atoms with van der Waals surface area (Å²) >= 11 is 7.39. The van der Waals surface area contributed by atoms with Gasteiger partial charge in [-0.1, -0.05) is 54.1 Å². The van der Waals surface area contributed by atoms with E-state index in [0.29, 0.717) is 39.0 Å². The van der Waals surface area contributed by atoms with Gasteiger partial charge in [0.15, 0.2) is 18.1 Å². The number of benzene rings is 3. The number of hydrogen-bond acceptors (Lipinski definition) is 6. The highest BCUT2D eigenvalue weighted by Crippen LogP contribution is 2.33. The Bertz CT molecular complexity index is 1650. The summed E-state index contributed by atoms with van der Waals surface area (Å²) in [6.45, 7) is 0.342. The molecule has 0 unspecified atom stereocenters. The summed E-state index contributed by atoms with van der Waals surface area (Å²) in [5.41, 5.74) is 3.02. The lowest BCUT2D eigenvalue weighted by atomic mass is 10.2. The lowest BCUT2D eigenvalue weighted by Crippen LogP contribution is -2.31. The van der Waals surface area contributed by atoms with Gasteiger partial charge in [0.25, 0.3) is 11.5 Å². The molecule has 0 saturated carbocycles. The number of carbonyl (C=O) groups excluding carboxylic acids is 1. The van der Waals surface area contributed by atoms with E-state index < -0.39 is 0 Å². The van der Waals surface area contributed by atoms with Crippen molar-refractivity contribution in [3.8, 4) is 27.6 Å². The van der Waals surface area contributed by atoms with Crippen LogP contribution < -0.4 is 15.0 Å². The van der Waals surface area contributed by atoms with Gasteiger partial charge in [-0.2, -0.15) is 0 Å². The zero-order valence-corrected chi connectivity index (χ0v) is 22.3. The third kappa shape index (κ3) is 5.41. The average Bonchev–Trinajstić information content (AvgIpc) is 3.38. The number of amides is 1. The van der Waals surface area contributed by atoms with E-state index in [2.05, 4.69) is 4.98 Å². The van der Waals surface area contributed by atoms with Crippen molar-refractivity contribution in [2.75, 3.05) is 20.8 Å². The van der Waals surface area contributed by atoms with E-state index in [1.807, 2.05) is 60.7 Å². The topological polar surface area (TPSA) is 73.7 Å². The van der Waals surface area contributed by atoms with Crippen LogP contribution in [0.4, 0.5) is 0 Å². The molecular formula is C29H24ClN3O4S. The van der Waals surface area contributed by atoms with Crippen LogP contribution in [0, 0.1) is 0 Å². The molecule has 0 aliphatic rings. The summed E-state index contributed by atoms with van der Waals surface area (Å²) in [5.74, 6) is 0.641. The minimum atomic E-state index is -0.186. The largest absolute Gasteiger partial charge is 0.493 e. The highest BCUT2D eigenvalue weighted by Gasteiger charge is 2.15. The molecule has 9 heteroatoms. The first-order chi connectivity index (χ1) is 18.4. The molecule has 192 valence electrons. The third-order valence-corrected chi connectivity index (χ3v) is 7.44. The molecule has 0 fully saturated rings. The first kappa shape index (κ1) is 25.5. The Kier molecular flexibility index (Phi) is 7.44. The SMILES string of the molecule is COc1cc(-n2cnc3cc(-c4ccc(Cl)cc4)sc3c2=O)ccc1OCC(=O)N(C)Cc1ccccc1. The van der Waals surface area contributed by atoms with E-state index in [1.165, 1.54) is 29.3 Å². The molecule has 0 radical (unpaired) electrons. The molecule has 3 aromatic carbocycles. The van der Waals surface area contributed by atoms with Gasteiger partial charge in [-0.15, -0.1) is 11.3 Å². The number of methoxy groups -OCH3 is 1. The summed E-state index contributed by atoms with van der Waals surface area (Å²) < 4.78 is 13.3. The van der Waals surface area contributed by atoms with Crippen molar-refractivity contribution in [2.45, 2.75) is 6.54 Å². The summed E-state index contributed by atoms with van der Waals surface area (Å²) in [4.78, 5) is 33.0. The second-order valence-corrected chi connectivity index (χ2v) is 10.1. The third-order valence-electron chi connectivity index (χ3n) is 6.03. The fourth-order valence-electron chi connectivity index (χ4n) is 3.97. The molecule has 38 heavy (non-hydrogen) atoms. The number of hydrogen-bond donors (Lipinski definition) is 0. The Balaban J connectivity index is 1.34. The number of aromatic nitrogens is 2. The molecule has 0 aliphatic heterocycles. The Morgan fingerprint density at radius 3 is 2.53 bits per heavy atom. The molecule has 1 amide bonds. The molecular weight excluding hydrogens is 522 g/mol. The Labute approximate surface area is 228 Å². The van der Waals surface area contributed by atoms with Crippen LogP contribution in [0.5, 0.6) is 11.5 Å². The summed E-state index contributed by atoms with van der Waals surface area (Å²) in [5, 5.41) is 0.653. The van der Waals surface area contributed by atoms with Gasteiger partial charge in [0, 0.05) is 29.6 Å². The Hall–Kier alpha value is -4.14. The Morgan fingerprint density at radius 2 is 1.79 bits per heavy atom. The van der Waals surface area contributed by atoms with Crippen molar-refractivity contribution in [3.63, 3.8) is 0 Å². The molecule has 0 spiro atoms. The smallest absolute Gasteiger partial charge is 0.275 e. The van der Waals surface area contributed by atoms with Gasteiger partial charge in [0.2, 0.25) is 0 Å². The monoisotopic (exact) mass is 545 g/mol. The van der Waals surface area contributed by atoms with E-state index in [0.717, 1.165) is 16.0 Å². The number of likely N-dealkylation sites (N-methyl/N-ethyl adjacent to an activating group) is 1. The maximum absolute atomic E-state index is 13.3. The van der Waals surface area contributed by atoms with Crippen LogP contribution in [-0.4, -0.2) is 41.1 Å². The first-order valence-electron chi connectivity index (χ1n) is 11.8. The quantitative estimate of drug-likeness (QED) is 0.246. The normalized spacial score (nSPS) is 10.9. The molecule has 0 aliphatic carbocycles. The fourth-order valence-corrected chi connectivity index (χ4v) is 5.15. The van der Waals surface area contributed by atoms with Gasteiger partial charge < -0.3 is 14.4 Å². The number of carbonyl (C=O) groups is 1. The summed E-state index contributed by atoms with van der Waals surface area (Å²) in [6.07, 6.45) is 1.50. The molecule has 0 atom stereocenters. The maximum atomic E-state index is 13.3. The van der Waals surface area contributed by atoms with Gasteiger partial charge in [0.05, 0.1) is 18.3 Å². The fraction of sp³-hybridized carbons (Fsp3) is 0.138. The van der Waals surface area contributed by atoms with Crippen molar-refractivity contribution in [3.05, 3.63) is 106 Å². The van der Waals surface area contributed by atoms with Gasteiger partial charge in [-0.25, -0.2) is 4.98 Å². The van der Waals surface area contributed by atoms with Crippen LogP contribution in [-0.2, 0) is 11.3 Å². The highest BCUT2D eigenvalue weighted by atomic mass is 35.5. The van der Waals surface area contributed by atoms with Crippen LogP contribution in [0.3, 0.4) is 0 Å². The van der Waals surface area contributed by atoms with Crippen molar-refractivity contribution in [1.29, 1.82) is 0 Å². The van der Waals surface area contributed by atoms with Crippen molar-refractivity contribution in [1.82, 2.24) is 14.5 Å². The number of ether oxygens (including phenoxy) is 2. The van der Waals surface area contributed by atoms with E-state index in [1.54, 1.807) is 30.1 Å². The number of fused-ring (bicyclic) bond motifs is 1. The van der Waals surface area contributed by atoms with Crippen molar-refractivity contribution < 1.29 is 14.3 Å². The van der Waals surface area contributed by atoms with Crippen LogP contribution in [0.1, 0.15) is 5.56 Å². The van der Waals surface area contributed by atoms with Crippen LogP contribution in [0.25, 0.3) is 26.3 Å². The lowest BCUT2D eigenvalue weighted by molar-refractivity contribution is -0.132. The van der Waals surface area contributed by atoms with Gasteiger partial charge in [-0.05, 0) is 41.5 Å². The zero-order valence-electron chi connectivity index (χ0n) is 20.8. The molecule has 2 heterocycles. The number of thiophene rings is 1. The standard InChI is InChI=1S/C29H24ClN3O4S/c1-32(16-19-6-4-3-5-7-19)27(34)17-37-24-13-12-22(14-25(24)36-2)33-18-31-23-15-26(38-28(23)29(33)35)20-8-10-21(30)11-9-20/h3-15,18H,16-17H2,1-2H3. The average molecular weight is 546 g/mol. The Morgan fingerprint density at radius 1 is 1.03 bits per heavy atom. The van der Waals surface area contributed by atoms with Crippen LogP contribution >= 0.6 is 22.9 Å². The minimum Gasteiger partial charge on any atom is -0.493 e. The molecule has 2 aromatic heterocycles. The van der Waals surface area contributed by atoms with Crippen LogP contribution in [0.15, 0.2) is 90.0 Å². The molecule has 5 aromatic rings. The molecule has 0 bridgehead atoms.